The number of rotatable bonds is 6. The molecule has 0 aromatic heterocycles. The lowest BCUT2D eigenvalue weighted by Gasteiger charge is -2.23. The Labute approximate surface area is 117 Å². The van der Waals surface area contributed by atoms with Gasteiger partial charge < -0.3 is 10.1 Å². The minimum Gasteiger partial charge on any atom is -0.378 e. The Morgan fingerprint density at radius 1 is 1.21 bits per heavy atom. The maximum Gasteiger partial charge on any atom is 0.0551 e. The van der Waals surface area contributed by atoms with Crippen molar-refractivity contribution < 1.29 is 4.74 Å². The van der Waals surface area contributed by atoms with Crippen LogP contribution in [0.1, 0.15) is 38.3 Å². The van der Waals surface area contributed by atoms with Gasteiger partial charge >= 0.3 is 0 Å². The van der Waals surface area contributed by atoms with E-state index in [1.807, 2.05) is 0 Å². The van der Waals surface area contributed by atoms with Crippen LogP contribution in [0.3, 0.4) is 0 Å². The van der Waals surface area contributed by atoms with Crippen molar-refractivity contribution in [1.82, 2.24) is 5.32 Å². The van der Waals surface area contributed by atoms with Crippen LogP contribution in [0.4, 0.5) is 0 Å². The van der Waals surface area contributed by atoms with Crippen molar-refractivity contribution in [1.29, 1.82) is 0 Å². The summed E-state index contributed by atoms with van der Waals surface area (Å²) in [5.74, 6) is 0.654. The molecule has 1 saturated heterocycles. The van der Waals surface area contributed by atoms with Crippen LogP contribution >= 0.6 is 0 Å². The largest absolute Gasteiger partial charge is 0.378 e. The van der Waals surface area contributed by atoms with E-state index in [0.717, 1.165) is 26.0 Å². The first kappa shape index (κ1) is 14.5. The summed E-state index contributed by atoms with van der Waals surface area (Å²) in [6, 6.07) is 9.62. The molecule has 19 heavy (non-hydrogen) atoms. The second-order valence-electron chi connectivity index (χ2n) is 5.68. The second-order valence-corrected chi connectivity index (χ2v) is 5.68. The third-order valence-corrected chi connectivity index (χ3v) is 4.15. The fraction of sp³-hybridized carbons (Fsp3) is 0.647. The van der Waals surface area contributed by atoms with Gasteiger partial charge in [0.15, 0.2) is 0 Å². The number of aryl methyl sites for hydroxylation is 1. The molecule has 0 aliphatic carbocycles. The highest BCUT2D eigenvalue weighted by molar-refractivity contribution is 5.23. The Balaban J connectivity index is 1.98. The maximum absolute atomic E-state index is 5.73. The summed E-state index contributed by atoms with van der Waals surface area (Å²) in [4.78, 5) is 0. The number of nitrogens with one attached hydrogen (secondary N) is 1. The van der Waals surface area contributed by atoms with Crippen molar-refractivity contribution in [3.63, 3.8) is 0 Å². The van der Waals surface area contributed by atoms with Gasteiger partial charge in [-0.1, -0.05) is 38.1 Å². The molecule has 2 nitrogen and oxygen atoms in total. The van der Waals surface area contributed by atoms with E-state index in [1.165, 1.54) is 17.5 Å². The molecule has 2 heteroatoms. The molecule has 3 atom stereocenters. The maximum atomic E-state index is 5.73. The van der Waals surface area contributed by atoms with Crippen LogP contribution in [-0.4, -0.2) is 25.3 Å². The Hall–Kier alpha value is -0.860. The smallest absolute Gasteiger partial charge is 0.0551 e. The van der Waals surface area contributed by atoms with Crippen LogP contribution in [-0.2, 0) is 17.6 Å². The van der Waals surface area contributed by atoms with Crippen molar-refractivity contribution >= 4 is 0 Å². The van der Waals surface area contributed by atoms with Crippen LogP contribution in [0.5, 0.6) is 0 Å². The molecule has 0 spiro atoms. The summed E-state index contributed by atoms with van der Waals surface area (Å²) < 4.78 is 5.73. The molecular weight excluding hydrogens is 234 g/mol. The molecule has 1 N–H and O–H groups in total. The van der Waals surface area contributed by atoms with E-state index in [-0.39, 0.29) is 0 Å². The number of ether oxygens (including phenoxy) is 1. The first-order valence-corrected chi connectivity index (χ1v) is 7.65. The monoisotopic (exact) mass is 261 g/mol. The van der Waals surface area contributed by atoms with Crippen molar-refractivity contribution in [3.05, 3.63) is 35.4 Å². The Kier molecular flexibility index (Phi) is 5.41. The van der Waals surface area contributed by atoms with Crippen molar-refractivity contribution in [2.45, 2.75) is 52.2 Å². The highest BCUT2D eigenvalue weighted by Gasteiger charge is 2.29. The van der Waals surface area contributed by atoms with Gasteiger partial charge in [-0.3, -0.25) is 0 Å². The molecule has 0 radical (unpaired) electrons. The molecule has 1 aromatic rings. The molecular formula is C17H27NO. The molecule has 1 aliphatic rings. The van der Waals surface area contributed by atoms with Crippen LogP contribution < -0.4 is 5.32 Å². The summed E-state index contributed by atoms with van der Waals surface area (Å²) in [5, 5.41) is 3.64. The fourth-order valence-corrected chi connectivity index (χ4v) is 2.96. The zero-order valence-electron chi connectivity index (χ0n) is 12.5. The lowest BCUT2D eigenvalue weighted by atomic mass is 9.91. The van der Waals surface area contributed by atoms with Gasteiger partial charge in [0.1, 0.15) is 0 Å². The highest BCUT2D eigenvalue weighted by Crippen LogP contribution is 2.24. The minimum atomic E-state index is 0.425. The normalized spacial score (nSPS) is 24.6. The highest BCUT2D eigenvalue weighted by atomic mass is 16.5. The zero-order valence-corrected chi connectivity index (χ0v) is 12.5. The number of benzene rings is 1. The minimum absolute atomic E-state index is 0.425. The van der Waals surface area contributed by atoms with E-state index < -0.39 is 0 Å². The van der Waals surface area contributed by atoms with Crippen LogP contribution in [0.2, 0.25) is 0 Å². The summed E-state index contributed by atoms with van der Waals surface area (Å²) in [5.41, 5.74) is 2.85. The van der Waals surface area contributed by atoms with Gasteiger partial charge in [0.2, 0.25) is 0 Å². The SMILES string of the molecule is CCNC(Cc1ccc(CC)cc1)C1COC(C)C1. The quantitative estimate of drug-likeness (QED) is 0.849. The third kappa shape index (κ3) is 4.05. The van der Waals surface area contributed by atoms with E-state index in [4.69, 9.17) is 4.74 Å². The average molecular weight is 261 g/mol. The van der Waals surface area contributed by atoms with Crippen molar-refractivity contribution in [2.75, 3.05) is 13.2 Å². The van der Waals surface area contributed by atoms with Gasteiger partial charge in [0, 0.05) is 12.0 Å². The molecule has 3 unspecified atom stereocenters. The van der Waals surface area contributed by atoms with Crippen LogP contribution in [0, 0.1) is 5.92 Å². The molecule has 2 rings (SSSR count). The first-order valence-electron chi connectivity index (χ1n) is 7.65. The van der Waals surface area contributed by atoms with Gasteiger partial charge in [-0.05, 0) is 43.9 Å². The van der Waals surface area contributed by atoms with Gasteiger partial charge in [0.05, 0.1) is 12.7 Å². The Bertz CT molecular complexity index is 373. The summed E-state index contributed by atoms with van der Waals surface area (Å²) >= 11 is 0. The molecule has 0 saturated carbocycles. The van der Waals surface area contributed by atoms with E-state index in [9.17, 15) is 0 Å². The molecule has 106 valence electrons. The molecule has 1 fully saturated rings. The van der Waals surface area contributed by atoms with Gasteiger partial charge in [-0.15, -0.1) is 0 Å². The van der Waals surface area contributed by atoms with E-state index >= 15 is 0 Å². The predicted octanol–water partition coefficient (Wildman–Crippen LogP) is 3.19. The van der Waals surface area contributed by atoms with Crippen LogP contribution in [0.15, 0.2) is 24.3 Å². The number of likely N-dealkylation sites (N-methyl/N-ethyl adjacent to an activating group) is 1. The first-order chi connectivity index (χ1) is 9.22. The predicted molar refractivity (Wildman–Crippen MR) is 80.5 cm³/mol. The summed E-state index contributed by atoms with van der Waals surface area (Å²) in [7, 11) is 0. The lowest BCUT2D eigenvalue weighted by molar-refractivity contribution is 0.117. The Morgan fingerprint density at radius 2 is 1.89 bits per heavy atom. The zero-order chi connectivity index (χ0) is 13.7. The second kappa shape index (κ2) is 7.06. The topological polar surface area (TPSA) is 21.3 Å². The lowest BCUT2D eigenvalue weighted by Crippen LogP contribution is -2.38. The van der Waals surface area contributed by atoms with E-state index in [2.05, 4.69) is 50.4 Å². The fourth-order valence-electron chi connectivity index (χ4n) is 2.96. The Morgan fingerprint density at radius 3 is 2.42 bits per heavy atom. The van der Waals surface area contributed by atoms with Gasteiger partial charge in [-0.25, -0.2) is 0 Å². The molecule has 0 amide bonds. The van der Waals surface area contributed by atoms with Crippen LogP contribution in [0.25, 0.3) is 0 Å². The number of hydrogen-bond acceptors (Lipinski definition) is 2. The van der Waals surface area contributed by atoms with E-state index in [0.29, 0.717) is 18.1 Å². The van der Waals surface area contributed by atoms with Gasteiger partial charge in [-0.2, -0.15) is 0 Å². The third-order valence-electron chi connectivity index (χ3n) is 4.15. The molecule has 1 aromatic carbocycles. The molecule has 0 bridgehead atoms. The molecule has 1 heterocycles. The van der Waals surface area contributed by atoms with E-state index in [1.54, 1.807) is 0 Å². The standard InChI is InChI=1S/C17H27NO/c1-4-14-6-8-15(9-7-14)11-17(18-5-2)16-10-13(3)19-12-16/h6-9,13,16-18H,4-5,10-12H2,1-3H3. The summed E-state index contributed by atoms with van der Waals surface area (Å²) in [6.45, 7) is 8.51. The van der Waals surface area contributed by atoms with Crippen molar-refractivity contribution in [2.24, 2.45) is 5.92 Å². The summed E-state index contributed by atoms with van der Waals surface area (Å²) in [6.07, 6.45) is 3.84. The molecule has 1 aliphatic heterocycles. The van der Waals surface area contributed by atoms with Crippen molar-refractivity contribution in [3.8, 4) is 0 Å². The number of hydrogen-bond donors (Lipinski definition) is 1. The van der Waals surface area contributed by atoms with Gasteiger partial charge in [0.25, 0.3) is 0 Å². The average Bonchev–Trinajstić information content (AvgIpc) is 2.86.